The lowest BCUT2D eigenvalue weighted by molar-refractivity contribution is 0.364. The molecule has 0 fully saturated rings. The molecular formula is C14H26. The maximum atomic E-state index is 2.43. The summed E-state index contributed by atoms with van der Waals surface area (Å²) in [6.45, 7) is 7.30. The van der Waals surface area contributed by atoms with E-state index in [-0.39, 0.29) is 7.43 Å². The Labute approximate surface area is 89.8 Å². The molecule has 0 bridgehead atoms. The van der Waals surface area contributed by atoms with Gasteiger partial charge >= 0.3 is 0 Å². The third-order valence-corrected chi connectivity index (χ3v) is 4.14. The van der Waals surface area contributed by atoms with Crippen LogP contribution in [0.15, 0.2) is 11.1 Å². The lowest BCUT2D eigenvalue weighted by atomic mass is 9.68. The highest BCUT2D eigenvalue weighted by Gasteiger charge is 2.29. The summed E-state index contributed by atoms with van der Waals surface area (Å²) >= 11 is 0. The molecule has 0 aromatic carbocycles. The first-order valence-electron chi connectivity index (χ1n) is 5.93. The van der Waals surface area contributed by atoms with Gasteiger partial charge in [-0.3, -0.25) is 0 Å². The lowest BCUT2D eigenvalue weighted by Gasteiger charge is -2.37. The van der Waals surface area contributed by atoms with Crippen LogP contribution < -0.4 is 0 Å². The van der Waals surface area contributed by atoms with Gasteiger partial charge in [0.15, 0.2) is 0 Å². The van der Waals surface area contributed by atoms with E-state index in [9.17, 15) is 0 Å². The molecule has 0 aromatic rings. The van der Waals surface area contributed by atoms with Gasteiger partial charge in [-0.25, -0.2) is 0 Å². The van der Waals surface area contributed by atoms with Crippen molar-refractivity contribution in [2.45, 2.75) is 60.3 Å². The van der Waals surface area contributed by atoms with E-state index < -0.39 is 0 Å². The zero-order valence-electron chi connectivity index (χ0n) is 9.27. The molecule has 0 N–H and O–H groups in total. The Bertz CT molecular complexity index is 218. The van der Waals surface area contributed by atoms with E-state index >= 15 is 0 Å². The molecule has 0 aromatic heterocycles. The summed E-state index contributed by atoms with van der Waals surface area (Å²) in [4.78, 5) is 0. The van der Waals surface area contributed by atoms with E-state index in [0.29, 0.717) is 0 Å². The fraction of sp³-hybridized carbons (Fsp3) is 0.857. The minimum atomic E-state index is 0. The number of allylic oxidation sites excluding steroid dienone is 2. The molecule has 0 radical (unpaired) electrons. The molecule has 3 atom stereocenters. The second kappa shape index (κ2) is 4.51. The predicted molar refractivity (Wildman–Crippen MR) is 64.3 cm³/mol. The van der Waals surface area contributed by atoms with Gasteiger partial charge in [0.2, 0.25) is 0 Å². The van der Waals surface area contributed by atoms with E-state index in [1.807, 2.05) is 11.1 Å². The molecule has 0 spiro atoms. The highest BCUT2D eigenvalue weighted by molar-refractivity contribution is 5.26. The largest absolute Gasteiger partial charge is 0.0776 e. The molecule has 82 valence electrons. The van der Waals surface area contributed by atoms with E-state index in [1.54, 1.807) is 0 Å². The van der Waals surface area contributed by atoms with Crippen molar-refractivity contribution in [3.8, 4) is 0 Å². The Morgan fingerprint density at radius 3 is 2.07 bits per heavy atom. The summed E-state index contributed by atoms with van der Waals surface area (Å²) < 4.78 is 0. The summed E-state index contributed by atoms with van der Waals surface area (Å²) in [5, 5.41) is 0. The molecule has 2 aliphatic rings. The molecule has 0 saturated heterocycles. The third kappa shape index (κ3) is 1.89. The molecule has 0 amide bonds. The van der Waals surface area contributed by atoms with Gasteiger partial charge in [0.05, 0.1) is 0 Å². The van der Waals surface area contributed by atoms with Crippen LogP contribution in [0.5, 0.6) is 0 Å². The highest BCUT2D eigenvalue weighted by atomic mass is 14.3. The summed E-state index contributed by atoms with van der Waals surface area (Å²) in [7, 11) is 0. The van der Waals surface area contributed by atoms with Crippen molar-refractivity contribution >= 4 is 0 Å². The molecule has 14 heavy (non-hydrogen) atoms. The van der Waals surface area contributed by atoms with E-state index in [4.69, 9.17) is 0 Å². The van der Waals surface area contributed by atoms with Gasteiger partial charge < -0.3 is 0 Å². The molecule has 0 heterocycles. The fourth-order valence-electron chi connectivity index (χ4n) is 3.38. The normalized spacial score (nSPS) is 37.5. The highest BCUT2D eigenvalue weighted by Crippen LogP contribution is 2.44. The van der Waals surface area contributed by atoms with Crippen molar-refractivity contribution in [2.75, 3.05) is 0 Å². The van der Waals surface area contributed by atoms with Crippen molar-refractivity contribution in [3.63, 3.8) is 0 Å². The van der Waals surface area contributed by atoms with Crippen LogP contribution in [-0.2, 0) is 0 Å². The van der Waals surface area contributed by atoms with Gasteiger partial charge in [0.25, 0.3) is 0 Å². The van der Waals surface area contributed by atoms with Crippen LogP contribution in [0.2, 0.25) is 0 Å². The summed E-state index contributed by atoms with van der Waals surface area (Å²) in [5.41, 5.74) is 3.70. The quantitative estimate of drug-likeness (QED) is 0.486. The first-order valence-corrected chi connectivity index (χ1v) is 5.93. The van der Waals surface area contributed by atoms with Gasteiger partial charge in [-0.15, -0.1) is 0 Å². The average Bonchev–Trinajstić information content (AvgIpc) is 2.12. The Balaban J connectivity index is 0.000000980. The zero-order chi connectivity index (χ0) is 9.42. The molecule has 0 aliphatic heterocycles. The maximum Gasteiger partial charge on any atom is -0.0226 e. The van der Waals surface area contributed by atoms with Crippen LogP contribution in [0.25, 0.3) is 0 Å². The summed E-state index contributed by atoms with van der Waals surface area (Å²) in [6, 6.07) is 0. The standard InChI is InChI=1S/C13H22.CH4/c1-9-7-8-11(3)13-10(2)5-4-6-12(9)13;/h9-11H,4-8H2,1-3H3;1H4. The summed E-state index contributed by atoms with van der Waals surface area (Å²) in [5.74, 6) is 2.68. The van der Waals surface area contributed by atoms with Crippen molar-refractivity contribution in [1.82, 2.24) is 0 Å². The van der Waals surface area contributed by atoms with Gasteiger partial charge in [0.1, 0.15) is 0 Å². The molecule has 2 aliphatic carbocycles. The minimum Gasteiger partial charge on any atom is -0.0776 e. The fourth-order valence-corrected chi connectivity index (χ4v) is 3.38. The molecule has 0 nitrogen and oxygen atoms in total. The smallest absolute Gasteiger partial charge is 0.0226 e. The van der Waals surface area contributed by atoms with Gasteiger partial charge in [-0.1, -0.05) is 39.3 Å². The number of hydrogen-bond acceptors (Lipinski definition) is 0. The maximum absolute atomic E-state index is 2.43. The van der Waals surface area contributed by atoms with Crippen molar-refractivity contribution in [1.29, 1.82) is 0 Å². The second-order valence-corrected chi connectivity index (χ2v) is 5.15. The first kappa shape index (κ1) is 11.8. The van der Waals surface area contributed by atoms with E-state index in [0.717, 1.165) is 17.8 Å². The first-order chi connectivity index (χ1) is 6.20. The number of rotatable bonds is 0. The van der Waals surface area contributed by atoms with Crippen LogP contribution in [-0.4, -0.2) is 0 Å². The SMILES string of the molecule is C.CC1CCC(C)C2=C1CCCC2C. The monoisotopic (exact) mass is 194 g/mol. The molecular weight excluding hydrogens is 168 g/mol. The Kier molecular flexibility index (Phi) is 3.80. The van der Waals surface area contributed by atoms with Crippen molar-refractivity contribution in [2.24, 2.45) is 17.8 Å². The molecule has 0 heteroatoms. The van der Waals surface area contributed by atoms with E-state index in [2.05, 4.69) is 20.8 Å². The average molecular weight is 194 g/mol. The Morgan fingerprint density at radius 1 is 0.857 bits per heavy atom. The Hall–Kier alpha value is -0.260. The van der Waals surface area contributed by atoms with Crippen LogP contribution in [0.4, 0.5) is 0 Å². The lowest BCUT2D eigenvalue weighted by Crippen LogP contribution is -2.23. The minimum absolute atomic E-state index is 0. The third-order valence-electron chi connectivity index (χ3n) is 4.14. The predicted octanol–water partition coefficient (Wildman–Crippen LogP) is 4.81. The molecule has 0 saturated carbocycles. The van der Waals surface area contributed by atoms with Crippen LogP contribution in [0.3, 0.4) is 0 Å². The van der Waals surface area contributed by atoms with Gasteiger partial charge in [0, 0.05) is 0 Å². The van der Waals surface area contributed by atoms with Crippen molar-refractivity contribution < 1.29 is 0 Å². The van der Waals surface area contributed by atoms with Crippen LogP contribution in [0, 0.1) is 17.8 Å². The summed E-state index contributed by atoms with van der Waals surface area (Å²) in [6.07, 6.45) is 7.16. The second-order valence-electron chi connectivity index (χ2n) is 5.15. The van der Waals surface area contributed by atoms with Gasteiger partial charge in [-0.2, -0.15) is 0 Å². The van der Waals surface area contributed by atoms with E-state index in [1.165, 1.54) is 32.1 Å². The number of hydrogen-bond donors (Lipinski definition) is 0. The van der Waals surface area contributed by atoms with Crippen LogP contribution >= 0.6 is 0 Å². The van der Waals surface area contributed by atoms with Crippen molar-refractivity contribution in [3.05, 3.63) is 11.1 Å². The molecule has 3 unspecified atom stereocenters. The molecule has 2 rings (SSSR count). The van der Waals surface area contributed by atoms with Crippen LogP contribution in [0.1, 0.15) is 60.3 Å². The topological polar surface area (TPSA) is 0 Å². The van der Waals surface area contributed by atoms with Gasteiger partial charge in [-0.05, 0) is 49.9 Å². The Morgan fingerprint density at radius 2 is 1.43 bits per heavy atom. The zero-order valence-corrected chi connectivity index (χ0v) is 9.27.